The summed E-state index contributed by atoms with van der Waals surface area (Å²) in [7, 11) is 1.40. The van der Waals surface area contributed by atoms with Gasteiger partial charge >= 0.3 is 0 Å². The normalized spacial score (nSPS) is 10.6. The van der Waals surface area contributed by atoms with Crippen LogP contribution in [0.3, 0.4) is 0 Å². The van der Waals surface area contributed by atoms with Crippen LogP contribution in [0.15, 0.2) is 30.3 Å². The van der Waals surface area contributed by atoms with Gasteiger partial charge in [0.2, 0.25) is 0 Å². The Balaban J connectivity index is 1.99. The summed E-state index contributed by atoms with van der Waals surface area (Å²) >= 11 is 1.30. The second kappa shape index (κ2) is 7.58. The molecule has 0 saturated heterocycles. The molecule has 3 aromatic rings. The van der Waals surface area contributed by atoms with Crippen molar-refractivity contribution in [2.45, 2.75) is 13.8 Å². The number of carbonyl (C=O) groups is 1. The fourth-order valence-electron chi connectivity index (χ4n) is 2.61. The Bertz CT molecular complexity index is 1030. The predicted molar refractivity (Wildman–Crippen MR) is 103 cm³/mol. The van der Waals surface area contributed by atoms with E-state index in [9.17, 15) is 14.9 Å². The maximum atomic E-state index is 12.7. The van der Waals surface area contributed by atoms with Gasteiger partial charge in [-0.2, -0.15) is 0 Å². The topological polar surface area (TPSA) is 104 Å². The highest BCUT2D eigenvalue weighted by molar-refractivity contribution is 7.22. The van der Waals surface area contributed by atoms with Crippen LogP contribution in [0.5, 0.6) is 11.5 Å². The minimum absolute atomic E-state index is 0.128. The molecule has 0 aliphatic heterocycles. The monoisotopic (exact) mass is 387 g/mol. The van der Waals surface area contributed by atoms with E-state index in [1.807, 2.05) is 25.1 Å². The Morgan fingerprint density at radius 1 is 1.33 bits per heavy atom. The molecule has 0 saturated carbocycles. The van der Waals surface area contributed by atoms with Crippen LogP contribution in [0.25, 0.3) is 10.2 Å². The molecule has 0 radical (unpaired) electrons. The molecule has 140 valence electrons. The van der Waals surface area contributed by atoms with Crippen molar-refractivity contribution in [3.8, 4) is 11.5 Å². The lowest BCUT2D eigenvalue weighted by Gasteiger charge is -2.11. The number of hydrogen-bond donors (Lipinski definition) is 1. The first kappa shape index (κ1) is 18.6. The lowest BCUT2D eigenvalue weighted by Crippen LogP contribution is -2.14. The van der Waals surface area contributed by atoms with Crippen molar-refractivity contribution >= 4 is 38.3 Å². The molecule has 0 aliphatic rings. The number of carbonyl (C=O) groups excluding carboxylic acids is 1. The number of nitrogens with one attached hydrogen (secondary N) is 1. The van der Waals surface area contributed by atoms with Gasteiger partial charge in [0.15, 0.2) is 16.6 Å². The van der Waals surface area contributed by atoms with Crippen molar-refractivity contribution < 1.29 is 19.2 Å². The number of methoxy groups -OCH3 is 1. The number of nitro groups is 1. The number of nitrogens with zero attached hydrogens (tertiary/aromatic N) is 2. The summed E-state index contributed by atoms with van der Waals surface area (Å²) in [6, 6.07) is 8.23. The molecule has 1 N–H and O–H groups in total. The Hall–Kier alpha value is -3.20. The summed E-state index contributed by atoms with van der Waals surface area (Å²) in [5.74, 6) is -0.189. The van der Waals surface area contributed by atoms with Crippen molar-refractivity contribution in [3.63, 3.8) is 0 Å². The number of ether oxygens (including phenoxy) is 2. The van der Waals surface area contributed by atoms with Gasteiger partial charge in [0.25, 0.3) is 11.6 Å². The first-order valence-corrected chi connectivity index (χ1v) is 8.93. The largest absolute Gasteiger partial charge is 0.493 e. The molecule has 0 spiro atoms. The van der Waals surface area contributed by atoms with Crippen LogP contribution in [-0.4, -0.2) is 29.5 Å². The number of aromatic nitrogens is 1. The third-order valence-electron chi connectivity index (χ3n) is 3.86. The molecule has 0 bridgehead atoms. The number of aryl methyl sites for hydroxylation is 1. The summed E-state index contributed by atoms with van der Waals surface area (Å²) in [6.45, 7) is 3.99. The minimum Gasteiger partial charge on any atom is -0.493 e. The van der Waals surface area contributed by atoms with Crippen LogP contribution in [0.2, 0.25) is 0 Å². The van der Waals surface area contributed by atoms with Gasteiger partial charge in [-0.3, -0.25) is 20.2 Å². The Morgan fingerprint density at radius 3 is 2.74 bits per heavy atom. The first-order chi connectivity index (χ1) is 12.9. The number of rotatable bonds is 6. The average molecular weight is 387 g/mol. The molecule has 2 aromatic carbocycles. The van der Waals surface area contributed by atoms with E-state index in [0.717, 1.165) is 15.8 Å². The standard InChI is InChI=1S/C18H17N3O5S/c1-4-26-14-9-12(21(23)24)11(8-13(14)25-3)17(22)20-18-19-16-10(2)6-5-7-15(16)27-18/h5-9H,4H2,1-3H3,(H,19,20,22). The maximum absolute atomic E-state index is 12.7. The Labute approximate surface area is 158 Å². The quantitative estimate of drug-likeness (QED) is 0.503. The molecule has 0 aliphatic carbocycles. The molecule has 3 rings (SSSR count). The van der Waals surface area contributed by atoms with Gasteiger partial charge in [0.05, 0.1) is 34.9 Å². The summed E-state index contributed by atoms with van der Waals surface area (Å²) in [6.07, 6.45) is 0. The van der Waals surface area contributed by atoms with Gasteiger partial charge < -0.3 is 9.47 Å². The average Bonchev–Trinajstić information content (AvgIpc) is 3.05. The Kier molecular flexibility index (Phi) is 5.22. The van der Waals surface area contributed by atoms with Gasteiger partial charge in [-0.15, -0.1) is 0 Å². The summed E-state index contributed by atoms with van der Waals surface area (Å²) in [5.41, 5.74) is 1.28. The van der Waals surface area contributed by atoms with E-state index < -0.39 is 10.8 Å². The van der Waals surface area contributed by atoms with Gasteiger partial charge in [-0.1, -0.05) is 23.5 Å². The number of anilines is 1. The van der Waals surface area contributed by atoms with Crippen molar-refractivity contribution in [2.75, 3.05) is 19.0 Å². The number of thiazole rings is 1. The Morgan fingerprint density at radius 2 is 2.11 bits per heavy atom. The van der Waals surface area contributed by atoms with Crippen LogP contribution in [0, 0.1) is 17.0 Å². The van der Waals surface area contributed by atoms with Crippen LogP contribution in [0.1, 0.15) is 22.8 Å². The van der Waals surface area contributed by atoms with Crippen LogP contribution in [-0.2, 0) is 0 Å². The lowest BCUT2D eigenvalue weighted by atomic mass is 10.1. The predicted octanol–water partition coefficient (Wildman–Crippen LogP) is 4.17. The van der Waals surface area contributed by atoms with E-state index in [0.29, 0.717) is 11.7 Å². The third-order valence-corrected chi connectivity index (χ3v) is 4.80. The smallest absolute Gasteiger partial charge is 0.286 e. The lowest BCUT2D eigenvalue weighted by molar-refractivity contribution is -0.385. The molecule has 0 unspecified atom stereocenters. The highest BCUT2D eigenvalue weighted by atomic mass is 32.1. The SMILES string of the molecule is CCOc1cc([N+](=O)[O-])c(C(=O)Nc2nc3c(C)cccc3s2)cc1OC. The van der Waals surface area contributed by atoms with E-state index in [-0.39, 0.29) is 22.7 Å². The van der Waals surface area contributed by atoms with E-state index in [1.165, 1.54) is 30.6 Å². The van der Waals surface area contributed by atoms with E-state index in [2.05, 4.69) is 10.3 Å². The number of fused-ring (bicyclic) bond motifs is 1. The van der Waals surface area contributed by atoms with Crippen molar-refractivity contribution in [2.24, 2.45) is 0 Å². The molecule has 9 heteroatoms. The van der Waals surface area contributed by atoms with Crippen LogP contribution >= 0.6 is 11.3 Å². The molecule has 1 aromatic heterocycles. The van der Waals surface area contributed by atoms with Crippen molar-refractivity contribution in [1.82, 2.24) is 4.98 Å². The number of benzene rings is 2. The zero-order valence-corrected chi connectivity index (χ0v) is 15.8. The molecule has 1 amide bonds. The first-order valence-electron chi connectivity index (χ1n) is 8.11. The van der Waals surface area contributed by atoms with E-state index >= 15 is 0 Å². The third kappa shape index (κ3) is 3.68. The number of amides is 1. The van der Waals surface area contributed by atoms with Gasteiger partial charge in [-0.25, -0.2) is 4.98 Å². The van der Waals surface area contributed by atoms with E-state index in [1.54, 1.807) is 6.92 Å². The highest BCUT2D eigenvalue weighted by Crippen LogP contribution is 2.35. The minimum atomic E-state index is -0.639. The number of nitro benzene ring substituents is 1. The van der Waals surface area contributed by atoms with Crippen molar-refractivity contribution in [1.29, 1.82) is 0 Å². The van der Waals surface area contributed by atoms with Gasteiger partial charge in [-0.05, 0) is 25.5 Å². The highest BCUT2D eigenvalue weighted by Gasteiger charge is 2.25. The molecule has 0 atom stereocenters. The molecule has 0 fully saturated rings. The molecular weight excluding hydrogens is 370 g/mol. The second-order valence-electron chi connectivity index (χ2n) is 5.61. The number of hydrogen-bond acceptors (Lipinski definition) is 7. The number of para-hydroxylation sites is 1. The molecule has 27 heavy (non-hydrogen) atoms. The fraction of sp³-hybridized carbons (Fsp3) is 0.222. The molecule has 1 heterocycles. The molecule has 8 nitrogen and oxygen atoms in total. The fourth-order valence-corrected chi connectivity index (χ4v) is 3.55. The summed E-state index contributed by atoms with van der Waals surface area (Å²) < 4.78 is 11.5. The van der Waals surface area contributed by atoms with E-state index in [4.69, 9.17) is 9.47 Å². The second-order valence-corrected chi connectivity index (χ2v) is 6.64. The zero-order chi connectivity index (χ0) is 19.6. The summed E-state index contributed by atoms with van der Waals surface area (Å²) in [4.78, 5) is 27.9. The maximum Gasteiger partial charge on any atom is 0.286 e. The van der Waals surface area contributed by atoms with Gasteiger partial charge in [0.1, 0.15) is 5.56 Å². The van der Waals surface area contributed by atoms with Crippen LogP contribution in [0.4, 0.5) is 10.8 Å². The summed E-state index contributed by atoms with van der Waals surface area (Å²) in [5, 5.41) is 14.4. The van der Waals surface area contributed by atoms with Crippen molar-refractivity contribution in [3.05, 3.63) is 51.6 Å². The van der Waals surface area contributed by atoms with Gasteiger partial charge in [0, 0.05) is 6.07 Å². The molecular formula is C18H17N3O5S. The zero-order valence-electron chi connectivity index (χ0n) is 14.9. The van der Waals surface area contributed by atoms with Crippen LogP contribution < -0.4 is 14.8 Å².